The highest BCUT2D eigenvalue weighted by atomic mass is 35.5. The van der Waals surface area contributed by atoms with E-state index in [0.29, 0.717) is 5.56 Å². The molecule has 0 saturated carbocycles. The molecule has 0 saturated heterocycles. The fraction of sp³-hybridized carbons (Fsp3) is 0.0769. The summed E-state index contributed by atoms with van der Waals surface area (Å²) in [5.74, 6) is -2.67. The Morgan fingerprint density at radius 1 is 0.833 bits per heavy atom. The Bertz CT molecular complexity index is 535. The lowest BCUT2D eigenvalue weighted by Gasteiger charge is -2.12. The van der Waals surface area contributed by atoms with Gasteiger partial charge in [0.05, 0.1) is 5.02 Å². The first-order chi connectivity index (χ1) is 8.49. The molecule has 1 nitrogen and oxygen atoms in total. The summed E-state index contributed by atoms with van der Waals surface area (Å²) >= 11 is 5.58. The normalized spacial score (nSPS) is 12.5. The summed E-state index contributed by atoms with van der Waals surface area (Å²) in [5, 5.41) is 9.81. The summed E-state index contributed by atoms with van der Waals surface area (Å²) in [4.78, 5) is 0. The predicted octanol–water partition coefficient (Wildman–Crippen LogP) is 3.84. The summed E-state index contributed by atoms with van der Waals surface area (Å²) in [7, 11) is 0. The fourth-order valence-corrected chi connectivity index (χ4v) is 1.75. The van der Waals surface area contributed by atoms with Crippen LogP contribution in [-0.2, 0) is 0 Å². The molecule has 0 amide bonds. The molecule has 0 fully saturated rings. The van der Waals surface area contributed by atoms with Crippen molar-refractivity contribution < 1.29 is 18.3 Å². The molecule has 94 valence electrons. The van der Waals surface area contributed by atoms with Gasteiger partial charge in [0, 0.05) is 0 Å². The molecule has 1 unspecified atom stereocenters. The Balaban J connectivity index is 2.37. The van der Waals surface area contributed by atoms with Crippen LogP contribution in [0.3, 0.4) is 0 Å². The fourth-order valence-electron chi connectivity index (χ4n) is 1.56. The third-order valence-corrected chi connectivity index (χ3v) is 2.81. The van der Waals surface area contributed by atoms with Crippen LogP contribution in [-0.4, -0.2) is 5.11 Å². The molecule has 18 heavy (non-hydrogen) atoms. The Morgan fingerprint density at radius 2 is 1.39 bits per heavy atom. The molecule has 2 aromatic rings. The molecule has 2 rings (SSSR count). The molecule has 1 N–H and O–H groups in total. The summed E-state index contributed by atoms with van der Waals surface area (Å²) in [6, 6.07) is 6.72. The van der Waals surface area contributed by atoms with E-state index in [2.05, 4.69) is 0 Å². The number of rotatable bonds is 2. The monoisotopic (exact) mass is 272 g/mol. The number of aliphatic hydroxyl groups excluding tert-OH is 1. The number of hydrogen-bond donors (Lipinski definition) is 1. The SMILES string of the molecule is OC(c1ccc(F)c(F)c1)c1ccc(F)c(Cl)c1. The zero-order chi connectivity index (χ0) is 13.3. The average molecular weight is 273 g/mol. The Labute approximate surface area is 106 Å². The van der Waals surface area contributed by atoms with E-state index in [1.165, 1.54) is 18.2 Å². The van der Waals surface area contributed by atoms with Gasteiger partial charge >= 0.3 is 0 Å². The van der Waals surface area contributed by atoms with E-state index in [9.17, 15) is 18.3 Å². The minimum absolute atomic E-state index is 0.144. The largest absolute Gasteiger partial charge is 0.384 e. The van der Waals surface area contributed by atoms with Crippen LogP contribution in [0.4, 0.5) is 13.2 Å². The topological polar surface area (TPSA) is 20.2 Å². The molecular formula is C13H8ClF3O. The van der Waals surface area contributed by atoms with Gasteiger partial charge in [0.25, 0.3) is 0 Å². The zero-order valence-electron chi connectivity index (χ0n) is 9.00. The molecule has 0 bridgehead atoms. The second kappa shape index (κ2) is 5.00. The van der Waals surface area contributed by atoms with Crippen molar-refractivity contribution in [3.05, 3.63) is 70.0 Å². The first kappa shape index (κ1) is 12.9. The van der Waals surface area contributed by atoms with Crippen LogP contribution < -0.4 is 0 Å². The summed E-state index contributed by atoms with van der Waals surface area (Å²) in [5.41, 5.74) is 0.462. The quantitative estimate of drug-likeness (QED) is 0.881. The predicted molar refractivity (Wildman–Crippen MR) is 61.8 cm³/mol. The smallest absolute Gasteiger partial charge is 0.159 e. The molecule has 0 aliphatic carbocycles. The number of hydrogen-bond acceptors (Lipinski definition) is 1. The van der Waals surface area contributed by atoms with Gasteiger partial charge in [0.2, 0.25) is 0 Å². The second-order valence-corrected chi connectivity index (χ2v) is 4.16. The van der Waals surface area contributed by atoms with Gasteiger partial charge in [0.15, 0.2) is 11.6 Å². The van der Waals surface area contributed by atoms with E-state index in [4.69, 9.17) is 11.6 Å². The van der Waals surface area contributed by atoms with Gasteiger partial charge in [-0.15, -0.1) is 0 Å². The van der Waals surface area contributed by atoms with Crippen molar-refractivity contribution in [3.8, 4) is 0 Å². The first-order valence-electron chi connectivity index (χ1n) is 5.07. The maximum Gasteiger partial charge on any atom is 0.159 e. The molecule has 5 heteroatoms. The van der Waals surface area contributed by atoms with Gasteiger partial charge in [-0.1, -0.05) is 23.7 Å². The molecule has 1 atom stereocenters. The maximum atomic E-state index is 13.0. The second-order valence-electron chi connectivity index (χ2n) is 3.75. The van der Waals surface area contributed by atoms with Gasteiger partial charge in [-0.05, 0) is 35.4 Å². The van der Waals surface area contributed by atoms with Crippen molar-refractivity contribution >= 4 is 11.6 Å². The van der Waals surface area contributed by atoms with Crippen LogP contribution in [0.2, 0.25) is 5.02 Å². The van der Waals surface area contributed by atoms with Crippen molar-refractivity contribution in [2.24, 2.45) is 0 Å². The standard InChI is InChI=1S/C13H8ClF3O/c14-9-5-7(1-3-10(9)15)13(18)8-2-4-11(16)12(17)6-8/h1-6,13,18H. The van der Waals surface area contributed by atoms with Crippen molar-refractivity contribution in [2.75, 3.05) is 0 Å². The molecule has 0 radical (unpaired) electrons. The number of benzene rings is 2. The average Bonchev–Trinajstić information content (AvgIpc) is 2.35. The number of aliphatic hydroxyl groups is 1. The molecular weight excluding hydrogens is 265 g/mol. The minimum atomic E-state index is -1.20. The Kier molecular flexibility index (Phi) is 3.59. The van der Waals surface area contributed by atoms with Gasteiger partial charge in [-0.3, -0.25) is 0 Å². The lowest BCUT2D eigenvalue weighted by atomic mass is 10.0. The van der Waals surface area contributed by atoms with Crippen LogP contribution in [0.1, 0.15) is 17.2 Å². The van der Waals surface area contributed by atoms with Crippen LogP contribution in [0, 0.1) is 17.5 Å². The van der Waals surface area contributed by atoms with Crippen LogP contribution in [0.5, 0.6) is 0 Å². The summed E-state index contributed by atoms with van der Waals surface area (Å²) in [6.45, 7) is 0. The molecule has 0 heterocycles. The number of halogens is 4. The van der Waals surface area contributed by atoms with E-state index in [-0.39, 0.29) is 10.6 Å². The van der Waals surface area contributed by atoms with E-state index < -0.39 is 23.6 Å². The minimum Gasteiger partial charge on any atom is -0.384 e. The van der Waals surface area contributed by atoms with E-state index in [0.717, 1.165) is 18.2 Å². The lowest BCUT2D eigenvalue weighted by Crippen LogP contribution is -2.01. The Hall–Kier alpha value is -1.52. The Morgan fingerprint density at radius 3 is 1.94 bits per heavy atom. The molecule has 2 aromatic carbocycles. The van der Waals surface area contributed by atoms with Crippen molar-refractivity contribution in [1.82, 2.24) is 0 Å². The first-order valence-corrected chi connectivity index (χ1v) is 5.45. The molecule has 0 aromatic heterocycles. The molecule has 0 spiro atoms. The molecule has 0 aliphatic heterocycles. The van der Waals surface area contributed by atoms with E-state index in [1.807, 2.05) is 0 Å². The van der Waals surface area contributed by atoms with Crippen LogP contribution in [0.25, 0.3) is 0 Å². The highest BCUT2D eigenvalue weighted by Crippen LogP contribution is 2.26. The molecule has 0 aliphatic rings. The van der Waals surface area contributed by atoms with Gasteiger partial charge in [-0.25, -0.2) is 13.2 Å². The van der Waals surface area contributed by atoms with E-state index in [1.54, 1.807) is 0 Å². The van der Waals surface area contributed by atoms with Gasteiger partial charge in [0.1, 0.15) is 11.9 Å². The third-order valence-electron chi connectivity index (χ3n) is 2.52. The van der Waals surface area contributed by atoms with Crippen LogP contribution >= 0.6 is 11.6 Å². The summed E-state index contributed by atoms with van der Waals surface area (Å²) in [6.07, 6.45) is -1.20. The summed E-state index contributed by atoms with van der Waals surface area (Å²) < 4.78 is 38.7. The van der Waals surface area contributed by atoms with Crippen molar-refractivity contribution in [3.63, 3.8) is 0 Å². The van der Waals surface area contributed by atoms with E-state index >= 15 is 0 Å². The highest BCUT2D eigenvalue weighted by molar-refractivity contribution is 6.30. The highest BCUT2D eigenvalue weighted by Gasteiger charge is 2.14. The lowest BCUT2D eigenvalue weighted by molar-refractivity contribution is 0.219. The van der Waals surface area contributed by atoms with Crippen molar-refractivity contribution in [2.45, 2.75) is 6.10 Å². The van der Waals surface area contributed by atoms with Crippen LogP contribution in [0.15, 0.2) is 36.4 Å². The third kappa shape index (κ3) is 2.49. The van der Waals surface area contributed by atoms with Gasteiger partial charge < -0.3 is 5.11 Å². The zero-order valence-corrected chi connectivity index (χ0v) is 9.76. The van der Waals surface area contributed by atoms with Gasteiger partial charge in [-0.2, -0.15) is 0 Å². The van der Waals surface area contributed by atoms with Crippen molar-refractivity contribution in [1.29, 1.82) is 0 Å². The maximum absolute atomic E-state index is 13.0.